The molecule has 0 aliphatic heterocycles. The van der Waals surface area contributed by atoms with Crippen molar-refractivity contribution >= 4 is 11.9 Å². The monoisotopic (exact) mass is 412 g/mol. The van der Waals surface area contributed by atoms with Gasteiger partial charge >= 0.3 is 11.9 Å². The summed E-state index contributed by atoms with van der Waals surface area (Å²) in [6.45, 7) is 12.7. The van der Waals surface area contributed by atoms with Crippen LogP contribution in [0.1, 0.15) is 119 Å². The molecule has 0 heterocycles. The van der Waals surface area contributed by atoms with Crippen molar-refractivity contribution in [2.45, 2.75) is 119 Å². The summed E-state index contributed by atoms with van der Waals surface area (Å²) in [5.41, 5.74) is -0.644. The average Bonchev–Trinajstić information content (AvgIpc) is 2.60. The third kappa shape index (κ3) is 9.53. The first-order valence-corrected chi connectivity index (χ1v) is 12.0. The van der Waals surface area contributed by atoms with Gasteiger partial charge in [0.05, 0.1) is 5.41 Å². The molecule has 0 bridgehead atoms. The molecular weight excluding hydrogens is 364 g/mol. The number of aliphatic carboxylic acids is 2. The van der Waals surface area contributed by atoms with Crippen LogP contribution in [0.3, 0.4) is 0 Å². The number of hydrogen-bond acceptors (Lipinski definition) is 2. The number of carboxylic acids is 2. The van der Waals surface area contributed by atoms with Crippen LogP contribution in [0.25, 0.3) is 0 Å². The number of unbranched alkanes of at least 4 members (excludes halogenated alkanes) is 9. The van der Waals surface area contributed by atoms with Crippen molar-refractivity contribution in [3.63, 3.8) is 0 Å². The highest BCUT2D eigenvalue weighted by Gasteiger charge is 2.51. The number of rotatable bonds is 18. The Labute approximate surface area is 179 Å². The third-order valence-electron chi connectivity index (χ3n) is 6.86. The first kappa shape index (κ1) is 27.9. The van der Waals surface area contributed by atoms with Gasteiger partial charge in [-0.05, 0) is 36.5 Å². The summed E-state index contributed by atoms with van der Waals surface area (Å²) in [4.78, 5) is 22.8. The molecule has 4 heteroatoms. The fourth-order valence-corrected chi connectivity index (χ4v) is 5.35. The summed E-state index contributed by atoms with van der Waals surface area (Å²) < 4.78 is 0. The second-order valence-corrected chi connectivity index (χ2v) is 9.87. The Morgan fingerprint density at radius 2 is 1.03 bits per heavy atom. The van der Waals surface area contributed by atoms with Crippen LogP contribution in [0, 0.1) is 29.1 Å². The predicted octanol–water partition coefficient (Wildman–Crippen LogP) is 7.41. The van der Waals surface area contributed by atoms with Gasteiger partial charge in [0.15, 0.2) is 0 Å². The quantitative estimate of drug-likeness (QED) is 0.230. The third-order valence-corrected chi connectivity index (χ3v) is 6.86. The van der Waals surface area contributed by atoms with E-state index in [2.05, 4.69) is 41.5 Å². The van der Waals surface area contributed by atoms with Crippen LogP contribution in [0.2, 0.25) is 0 Å². The van der Waals surface area contributed by atoms with Crippen molar-refractivity contribution in [1.29, 1.82) is 0 Å². The van der Waals surface area contributed by atoms with Crippen LogP contribution in [0.15, 0.2) is 0 Å². The zero-order chi connectivity index (χ0) is 22.4. The van der Waals surface area contributed by atoms with E-state index in [9.17, 15) is 14.7 Å². The van der Waals surface area contributed by atoms with Crippen molar-refractivity contribution in [2.75, 3.05) is 0 Å². The molecule has 0 saturated heterocycles. The van der Waals surface area contributed by atoms with Gasteiger partial charge in [-0.25, -0.2) is 0 Å². The summed E-state index contributed by atoms with van der Waals surface area (Å²) in [5.74, 6) is -0.467. The van der Waals surface area contributed by atoms with Gasteiger partial charge in [-0.1, -0.05) is 99.3 Å². The molecule has 0 rings (SSSR count). The molecule has 0 amide bonds. The van der Waals surface area contributed by atoms with Crippen LogP contribution in [0.4, 0.5) is 0 Å². The van der Waals surface area contributed by atoms with Crippen LogP contribution in [-0.4, -0.2) is 22.2 Å². The van der Waals surface area contributed by atoms with E-state index in [1.54, 1.807) is 0 Å². The molecule has 0 aromatic carbocycles. The average molecular weight is 413 g/mol. The minimum absolute atomic E-state index is 0.128. The van der Waals surface area contributed by atoms with E-state index >= 15 is 0 Å². The fourth-order valence-electron chi connectivity index (χ4n) is 5.35. The van der Waals surface area contributed by atoms with Gasteiger partial charge < -0.3 is 10.2 Å². The van der Waals surface area contributed by atoms with Crippen molar-refractivity contribution in [3.8, 4) is 0 Å². The Kier molecular flexibility index (Phi) is 14.3. The molecule has 2 N–H and O–H groups in total. The Morgan fingerprint density at radius 3 is 1.34 bits per heavy atom. The molecule has 29 heavy (non-hydrogen) atoms. The van der Waals surface area contributed by atoms with Crippen LogP contribution >= 0.6 is 0 Å². The van der Waals surface area contributed by atoms with Gasteiger partial charge in [0.25, 0.3) is 0 Å². The highest BCUT2D eigenvalue weighted by atomic mass is 16.4. The zero-order valence-corrected chi connectivity index (χ0v) is 20.0. The van der Waals surface area contributed by atoms with Gasteiger partial charge in [0.2, 0.25) is 0 Å². The highest BCUT2D eigenvalue weighted by Crippen LogP contribution is 2.48. The molecule has 0 fully saturated rings. The maximum atomic E-state index is 12.4. The Hall–Kier alpha value is -1.06. The van der Waals surface area contributed by atoms with E-state index in [1.807, 2.05) is 0 Å². The largest absolute Gasteiger partial charge is 0.481 e. The second kappa shape index (κ2) is 14.8. The van der Waals surface area contributed by atoms with E-state index in [1.165, 1.54) is 38.5 Å². The first-order chi connectivity index (χ1) is 13.6. The number of carboxylic acid groups (broad SMARTS) is 2. The van der Waals surface area contributed by atoms with Gasteiger partial charge in [0.1, 0.15) is 0 Å². The Bertz CT molecular complexity index is 446. The van der Waals surface area contributed by atoms with Gasteiger partial charge in [-0.2, -0.15) is 0 Å². The lowest BCUT2D eigenvalue weighted by molar-refractivity contribution is -0.164. The molecule has 4 nitrogen and oxygen atoms in total. The van der Waals surface area contributed by atoms with Gasteiger partial charge in [-0.3, -0.25) is 9.59 Å². The summed E-state index contributed by atoms with van der Waals surface area (Å²) in [6, 6.07) is 0. The Morgan fingerprint density at radius 1 is 0.655 bits per heavy atom. The van der Waals surface area contributed by atoms with Crippen LogP contribution in [0.5, 0.6) is 0 Å². The minimum Gasteiger partial charge on any atom is -0.481 e. The maximum Gasteiger partial charge on any atom is 0.310 e. The van der Waals surface area contributed by atoms with E-state index < -0.39 is 17.4 Å². The van der Waals surface area contributed by atoms with Crippen molar-refractivity contribution in [2.24, 2.45) is 29.1 Å². The Balaban J connectivity index is 4.22. The molecule has 172 valence electrons. The molecular formula is C25H48O4. The lowest BCUT2D eigenvalue weighted by Gasteiger charge is -2.46. The molecule has 1 atom stereocenters. The second-order valence-electron chi connectivity index (χ2n) is 9.87. The van der Waals surface area contributed by atoms with E-state index in [4.69, 9.17) is 5.11 Å². The lowest BCUT2D eigenvalue weighted by atomic mass is 9.57. The smallest absolute Gasteiger partial charge is 0.310 e. The summed E-state index contributed by atoms with van der Waals surface area (Å²) in [7, 11) is 0. The molecule has 0 saturated carbocycles. The maximum absolute atomic E-state index is 12.4. The molecule has 0 aromatic rings. The van der Waals surface area contributed by atoms with Gasteiger partial charge in [0, 0.05) is 6.42 Å². The normalized spacial score (nSPS) is 13.4. The topological polar surface area (TPSA) is 74.6 Å². The predicted molar refractivity (Wildman–Crippen MR) is 121 cm³/mol. The number of hydrogen-bond donors (Lipinski definition) is 2. The van der Waals surface area contributed by atoms with Gasteiger partial charge in [-0.15, -0.1) is 0 Å². The SMILES string of the molecule is CC(C)C(CCCCCCCCCCCCC(=O)O)C(C(=O)O)(C(C)C)C(C)C. The van der Waals surface area contributed by atoms with E-state index in [-0.39, 0.29) is 17.8 Å². The highest BCUT2D eigenvalue weighted by molar-refractivity contribution is 5.76. The van der Waals surface area contributed by atoms with Crippen LogP contribution in [-0.2, 0) is 9.59 Å². The summed E-state index contributed by atoms with van der Waals surface area (Å²) in [6.07, 6.45) is 12.8. The summed E-state index contributed by atoms with van der Waals surface area (Å²) in [5, 5.41) is 18.8. The minimum atomic E-state index is -0.688. The molecule has 0 radical (unpaired) electrons. The molecule has 0 aromatic heterocycles. The van der Waals surface area contributed by atoms with E-state index in [0.29, 0.717) is 12.3 Å². The van der Waals surface area contributed by atoms with E-state index in [0.717, 1.165) is 32.1 Å². The molecule has 0 aliphatic carbocycles. The number of carbonyl (C=O) groups is 2. The molecule has 0 spiro atoms. The molecule has 1 unspecified atom stereocenters. The molecule has 0 aliphatic rings. The van der Waals surface area contributed by atoms with Crippen molar-refractivity contribution in [3.05, 3.63) is 0 Å². The fraction of sp³-hybridized carbons (Fsp3) is 0.920. The lowest BCUT2D eigenvalue weighted by Crippen LogP contribution is -2.49. The zero-order valence-electron chi connectivity index (χ0n) is 20.0. The van der Waals surface area contributed by atoms with Crippen molar-refractivity contribution < 1.29 is 19.8 Å². The van der Waals surface area contributed by atoms with Crippen LogP contribution < -0.4 is 0 Å². The summed E-state index contributed by atoms with van der Waals surface area (Å²) >= 11 is 0. The first-order valence-electron chi connectivity index (χ1n) is 12.0. The standard InChI is InChI=1S/C25H48O4/c1-19(2)22(25(20(3)4,21(5)6)24(28)29)17-15-13-11-9-7-8-10-12-14-16-18-23(26)27/h19-22H,7-18H2,1-6H3,(H,26,27)(H,28,29). The van der Waals surface area contributed by atoms with Crippen molar-refractivity contribution in [1.82, 2.24) is 0 Å².